The molecule has 19 heavy (non-hydrogen) atoms. The molecule has 7 nitrogen and oxygen atoms in total. The molecule has 0 bridgehead atoms. The Morgan fingerprint density at radius 2 is 2.21 bits per heavy atom. The van der Waals surface area contributed by atoms with Gasteiger partial charge in [0.2, 0.25) is 0 Å². The van der Waals surface area contributed by atoms with Crippen molar-refractivity contribution in [2.24, 2.45) is 7.05 Å². The monoisotopic (exact) mass is 257 g/mol. The van der Waals surface area contributed by atoms with Gasteiger partial charge in [0.1, 0.15) is 17.5 Å². The molecule has 0 spiro atoms. The van der Waals surface area contributed by atoms with Crippen LogP contribution in [0.25, 0.3) is 0 Å². The molecule has 0 atom stereocenters. The molecule has 2 aromatic rings. The number of nitrogens with two attached hydrogens (primary N) is 1. The van der Waals surface area contributed by atoms with E-state index in [1.54, 1.807) is 6.07 Å². The topological polar surface area (TPSA) is 107 Å². The highest BCUT2D eigenvalue weighted by Crippen LogP contribution is 2.02. The second-order valence-corrected chi connectivity index (χ2v) is 4.03. The van der Waals surface area contributed by atoms with Gasteiger partial charge in [-0.25, -0.2) is 9.78 Å². The van der Waals surface area contributed by atoms with Crippen LogP contribution in [0, 0.1) is 11.3 Å². The van der Waals surface area contributed by atoms with E-state index in [2.05, 4.69) is 4.98 Å². The van der Waals surface area contributed by atoms with Gasteiger partial charge in [-0.2, -0.15) is 5.26 Å². The molecule has 2 N–H and O–H groups in total. The van der Waals surface area contributed by atoms with Crippen molar-refractivity contribution in [1.82, 2.24) is 14.1 Å². The van der Waals surface area contributed by atoms with Crippen molar-refractivity contribution < 1.29 is 0 Å². The zero-order chi connectivity index (χ0) is 14.0. The minimum atomic E-state index is -0.543. The van der Waals surface area contributed by atoms with Crippen LogP contribution in [0.2, 0.25) is 0 Å². The van der Waals surface area contributed by atoms with Crippen LogP contribution < -0.4 is 17.0 Å². The summed E-state index contributed by atoms with van der Waals surface area (Å²) in [6.45, 7) is 0.0494. The molecule has 0 saturated heterocycles. The third-order valence-corrected chi connectivity index (χ3v) is 2.64. The molecule has 0 saturated carbocycles. The molecule has 2 heterocycles. The summed E-state index contributed by atoms with van der Waals surface area (Å²) in [5.41, 5.74) is 5.40. The number of aromatic nitrogens is 3. The van der Waals surface area contributed by atoms with Crippen LogP contribution >= 0.6 is 0 Å². The van der Waals surface area contributed by atoms with Gasteiger partial charge in [0.15, 0.2) is 0 Å². The Balaban J connectivity index is 2.53. The van der Waals surface area contributed by atoms with Crippen LogP contribution in [0.15, 0.2) is 34.1 Å². The zero-order valence-corrected chi connectivity index (χ0v) is 10.2. The lowest BCUT2D eigenvalue weighted by molar-refractivity contribution is 0.642. The molecule has 2 rings (SSSR count). The first kappa shape index (κ1) is 12.6. The number of hydrogen-bond acceptors (Lipinski definition) is 5. The van der Waals surface area contributed by atoms with Gasteiger partial charge in [0, 0.05) is 19.4 Å². The Labute approximate surface area is 108 Å². The number of hydrogen-bond donors (Lipinski definition) is 1. The minimum Gasteiger partial charge on any atom is -0.393 e. The number of anilines is 1. The summed E-state index contributed by atoms with van der Waals surface area (Å²) in [4.78, 5) is 27.6. The van der Waals surface area contributed by atoms with Gasteiger partial charge in [-0.3, -0.25) is 9.36 Å². The molecule has 7 heteroatoms. The van der Waals surface area contributed by atoms with Crippen molar-refractivity contribution in [1.29, 1.82) is 5.26 Å². The SMILES string of the molecule is Cn1cc(N)c(=O)n(Cc2ccnc(C#N)c2)c1=O. The average Bonchev–Trinajstić information content (AvgIpc) is 2.41. The molecular weight excluding hydrogens is 246 g/mol. The van der Waals surface area contributed by atoms with Crippen LogP contribution in [0.4, 0.5) is 5.69 Å². The van der Waals surface area contributed by atoms with Gasteiger partial charge in [-0.15, -0.1) is 0 Å². The van der Waals surface area contributed by atoms with Crippen molar-refractivity contribution in [3.8, 4) is 6.07 Å². The van der Waals surface area contributed by atoms with Crippen LogP contribution in [-0.4, -0.2) is 14.1 Å². The fourth-order valence-corrected chi connectivity index (χ4v) is 1.71. The predicted octanol–water partition coefficient (Wildman–Crippen LogP) is -0.556. The lowest BCUT2D eigenvalue weighted by atomic mass is 10.2. The van der Waals surface area contributed by atoms with Gasteiger partial charge < -0.3 is 10.3 Å². The second-order valence-electron chi connectivity index (χ2n) is 4.03. The quantitative estimate of drug-likeness (QED) is 0.776. The third kappa shape index (κ3) is 2.37. The molecule has 0 aromatic carbocycles. The van der Waals surface area contributed by atoms with E-state index in [0.29, 0.717) is 5.56 Å². The summed E-state index contributed by atoms with van der Waals surface area (Å²) < 4.78 is 2.26. The highest BCUT2D eigenvalue weighted by atomic mass is 16.2. The molecule has 0 aliphatic heterocycles. The summed E-state index contributed by atoms with van der Waals surface area (Å²) in [7, 11) is 1.52. The Kier molecular flexibility index (Phi) is 3.16. The number of aryl methyl sites for hydroxylation is 1. The highest BCUT2D eigenvalue weighted by Gasteiger charge is 2.08. The first-order chi connectivity index (χ1) is 9.02. The molecule has 0 aliphatic rings. The van der Waals surface area contributed by atoms with Crippen molar-refractivity contribution in [2.75, 3.05) is 5.73 Å². The number of pyridine rings is 1. The van der Waals surface area contributed by atoms with E-state index in [-0.39, 0.29) is 17.9 Å². The number of nitrogen functional groups attached to an aromatic ring is 1. The summed E-state index contributed by atoms with van der Waals surface area (Å²) in [6.07, 6.45) is 2.74. The van der Waals surface area contributed by atoms with Crippen molar-refractivity contribution >= 4 is 5.69 Å². The van der Waals surface area contributed by atoms with Gasteiger partial charge >= 0.3 is 5.69 Å². The van der Waals surface area contributed by atoms with E-state index in [1.165, 1.54) is 30.1 Å². The summed E-state index contributed by atoms with van der Waals surface area (Å²) >= 11 is 0. The third-order valence-electron chi connectivity index (χ3n) is 2.64. The van der Waals surface area contributed by atoms with Crippen LogP contribution in [0.5, 0.6) is 0 Å². The van der Waals surface area contributed by atoms with E-state index in [1.807, 2.05) is 6.07 Å². The van der Waals surface area contributed by atoms with Gasteiger partial charge in [0.05, 0.1) is 6.54 Å². The average molecular weight is 257 g/mol. The first-order valence-electron chi connectivity index (χ1n) is 5.44. The maximum absolute atomic E-state index is 11.9. The summed E-state index contributed by atoms with van der Waals surface area (Å²) in [5.74, 6) is 0. The molecular formula is C12H11N5O2. The Bertz CT molecular complexity index is 748. The number of nitriles is 1. The highest BCUT2D eigenvalue weighted by molar-refractivity contribution is 5.32. The fraction of sp³-hybridized carbons (Fsp3) is 0.167. The van der Waals surface area contributed by atoms with Crippen molar-refractivity contribution in [2.45, 2.75) is 6.54 Å². The van der Waals surface area contributed by atoms with Crippen molar-refractivity contribution in [3.05, 3.63) is 56.6 Å². The Hall–Kier alpha value is -2.88. The number of nitrogens with zero attached hydrogens (tertiary/aromatic N) is 4. The number of rotatable bonds is 2. The van der Waals surface area contributed by atoms with Gasteiger partial charge in [0.25, 0.3) is 5.56 Å². The maximum Gasteiger partial charge on any atom is 0.331 e. The Morgan fingerprint density at radius 3 is 2.89 bits per heavy atom. The van der Waals surface area contributed by atoms with E-state index in [0.717, 1.165) is 4.57 Å². The minimum absolute atomic E-state index is 0.00309. The standard InChI is InChI=1S/C12H11N5O2/c1-16-7-10(14)11(18)17(12(16)19)6-8-2-3-15-9(4-8)5-13/h2-4,7H,6,14H2,1H3. The fourth-order valence-electron chi connectivity index (χ4n) is 1.71. The molecule has 0 fully saturated rings. The molecule has 2 aromatic heterocycles. The van der Waals surface area contributed by atoms with Crippen molar-refractivity contribution in [3.63, 3.8) is 0 Å². The summed E-state index contributed by atoms with van der Waals surface area (Å²) in [5, 5.41) is 8.76. The largest absolute Gasteiger partial charge is 0.393 e. The first-order valence-corrected chi connectivity index (χ1v) is 5.44. The molecule has 0 aliphatic carbocycles. The van der Waals surface area contributed by atoms with E-state index in [4.69, 9.17) is 11.0 Å². The summed E-state index contributed by atoms with van der Waals surface area (Å²) in [6, 6.07) is 5.06. The second kappa shape index (κ2) is 4.78. The van der Waals surface area contributed by atoms with Crippen LogP contribution in [0.1, 0.15) is 11.3 Å². The maximum atomic E-state index is 11.9. The lowest BCUT2D eigenvalue weighted by Crippen LogP contribution is -2.39. The van der Waals surface area contributed by atoms with E-state index < -0.39 is 11.2 Å². The Morgan fingerprint density at radius 1 is 1.47 bits per heavy atom. The molecule has 0 radical (unpaired) electrons. The van der Waals surface area contributed by atoms with Crippen LogP contribution in [0.3, 0.4) is 0 Å². The zero-order valence-electron chi connectivity index (χ0n) is 10.2. The molecule has 96 valence electrons. The molecule has 0 unspecified atom stereocenters. The van der Waals surface area contributed by atoms with Gasteiger partial charge in [-0.1, -0.05) is 0 Å². The van der Waals surface area contributed by atoms with E-state index >= 15 is 0 Å². The van der Waals surface area contributed by atoms with Crippen LogP contribution in [-0.2, 0) is 13.6 Å². The normalized spacial score (nSPS) is 10.1. The smallest absolute Gasteiger partial charge is 0.331 e. The molecule has 0 amide bonds. The predicted molar refractivity (Wildman–Crippen MR) is 68.4 cm³/mol. The van der Waals surface area contributed by atoms with E-state index in [9.17, 15) is 9.59 Å². The lowest BCUT2D eigenvalue weighted by Gasteiger charge is -2.08. The van der Waals surface area contributed by atoms with Gasteiger partial charge in [-0.05, 0) is 17.7 Å².